The van der Waals surface area contributed by atoms with Crippen LogP contribution in [0.3, 0.4) is 0 Å². The SMILES string of the molecule is C=C/C=C(/C=C/c1ccc(O)c(/C=C/c2cc[n+](C)cc2C#N)c1)C(\C#N)=C/C. The molecular weight excluding hydrogens is 358 g/mol. The summed E-state index contributed by atoms with van der Waals surface area (Å²) in [7, 11) is 1.86. The minimum atomic E-state index is 0.145. The molecule has 29 heavy (non-hydrogen) atoms. The number of aryl methyl sites for hydroxylation is 1. The first-order chi connectivity index (χ1) is 14.0. The summed E-state index contributed by atoms with van der Waals surface area (Å²) in [6.45, 7) is 5.50. The third kappa shape index (κ3) is 5.66. The van der Waals surface area contributed by atoms with Crippen molar-refractivity contribution in [1.29, 1.82) is 10.5 Å². The Kier molecular flexibility index (Phi) is 7.48. The smallest absolute Gasteiger partial charge is 0.187 e. The molecule has 0 bridgehead atoms. The second-order valence-corrected chi connectivity index (χ2v) is 6.25. The summed E-state index contributed by atoms with van der Waals surface area (Å²) in [5.41, 5.74) is 4.13. The molecule has 0 unspecified atom stereocenters. The fraction of sp³-hybridized carbons (Fsp3) is 0.0800. The zero-order valence-corrected chi connectivity index (χ0v) is 16.5. The predicted octanol–water partition coefficient (Wildman–Crippen LogP) is 4.85. The molecule has 0 aliphatic heterocycles. The molecular formula is C25H22N3O+. The van der Waals surface area contributed by atoms with Gasteiger partial charge in [-0.2, -0.15) is 10.5 Å². The van der Waals surface area contributed by atoms with Gasteiger partial charge in [-0.15, -0.1) is 0 Å². The lowest BCUT2D eigenvalue weighted by Crippen LogP contribution is -2.27. The van der Waals surface area contributed by atoms with E-state index in [-0.39, 0.29) is 5.75 Å². The van der Waals surface area contributed by atoms with E-state index >= 15 is 0 Å². The topological polar surface area (TPSA) is 71.7 Å². The zero-order chi connectivity index (χ0) is 21.2. The monoisotopic (exact) mass is 380 g/mol. The maximum absolute atomic E-state index is 10.2. The molecule has 1 aromatic heterocycles. The van der Waals surface area contributed by atoms with Crippen LogP contribution in [0, 0.1) is 22.7 Å². The molecule has 0 saturated heterocycles. The van der Waals surface area contributed by atoms with Gasteiger partial charge in [-0.3, -0.25) is 0 Å². The van der Waals surface area contributed by atoms with Crippen LogP contribution in [0.15, 0.2) is 78.7 Å². The molecule has 1 heterocycles. The highest BCUT2D eigenvalue weighted by atomic mass is 16.3. The number of aromatic nitrogens is 1. The van der Waals surface area contributed by atoms with Crippen LogP contribution >= 0.6 is 0 Å². The maximum Gasteiger partial charge on any atom is 0.187 e. The van der Waals surface area contributed by atoms with Crippen LogP contribution in [0.5, 0.6) is 5.75 Å². The molecule has 0 saturated carbocycles. The zero-order valence-electron chi connectivity index (χ0n) is 16.5. The van der Waals surface area contributed by atoms with Gasteiger partial charge in [0.1, 0.15) is 24.4 Å². The Balaban J connectivity index is 2.36. The number of aromatic hydroxyl groups is 1. The average Bonchev–Trinajstić information content (AvgIpc) is 2.73. The molecule has 4 nitrogen and oxygen atoms in total. The number of hydrogen-bond donors (Lipinski definition) is 1. The molecule has 0 aliphatic rings. The van der Waals surface area contributed by atoms with Crippen LogP contribution < -0.4 is 4.57 Å². The van der Waals surface area contributed by atoms with Crippen molar-refractivity contribution in [2.75, 3.05) is 0 Å². The van der Waals surface area contributed by atoms with Gasteiger partial charge in [-0.1, -0.05) is 55.2 Å². The number of pyridine rings is 1. The first-order valence-corrected chi connectivity index (χ1v) is 9.00. The molecule has 0 radical (unpaired) electrons. The van der Waals surface area contributed by atoms with Crippen molar-refractivity contribution in [3.8, 4) is 17.9 Å². The molecule has 0 amide bonds. The average molecular weight is 380 g/mol. The van der Waals surface area contributed by atoms with Crippen molar-refractivity contribution in [3.63, 3.8) is 0 Å². The molecule has 0 atom stereocenters. The Morgan fingerprint density at radius 1 is 1.14 bits per heavy atom. The van der Waals surface area contributed by atoms with Gasteiger partial charge in [0.25, 0.3) is 0 Å². The quantitative estimate of drug-likeness (QED) is 0.442. The Morgan fingerprint density at radius 2 is 1.90 bits per heavy atom. The third-order valence-corrected chi connectivity index (χ3v) is 4.22. The number of allylic oxidation sites excluding steroid dienone is 6. The van der Waals surface area contributed by atoms with Crippen LogP contribution in [0.2, 0.25) is 0 Å². The summed E-state index contributed by atoms with van der Waals surface area (Å²) < 4.78 is 1.81. The lowest BCUT2D eigenvalue weighted by atomic mass is 10.0. The third-order valence-electron chi connectivity index (χ3n) is 4.22. The van der Waals surface area contributed by atoms with E-state index in [1.54, 1.807) is 48.7 Å². The van der Waals surface area contributed by atoms with E-state index in [1.807, 2.05) is 49.0 Å². The van der Waals surface area contributed by atoms with Crippen molar-refractivity contribution < 1.29 is 9.67 Å². The highest BCUT2D eigenvalue weighted by Gasteiger charge is 2.05. The number of nitrogens with zero attached hydrogens (tertiary/aromatic N) is 3. The Morgan fingerprint density at radius 3 is 2.55 bits per heavy atom. The second-order valence-electron chi connectivity index (χ2n) is 6.25. The minimum Gasteiger partial charge on any atom is -0.507 e. The summed E-state index contributed by atoms with van der Waals surface area (Å²) in [6, 6.07) is 11.4. The van der Waals surface area contributed by atoms with Gasteiger partial charge in [0, 0.05) is 17.2 Å². The number of phenols is 1. The maximum atomic E-state index is 10.2. The van der Waals surface area contributed by atoms with Crippen LogP contribution in [-0.4, -0.2) is 5.11 Å². The molecule has 1 aromatic carbocycles. The molecule has 4 heteroatoms. The van der Waals surface area contributed by atoms with E-state index in [4.69, 9.17) is 0 Å². The number of hydrogen-bond acceptors (Lipinski definition) is 3. The van der Waals surface area contributed by atoms with E-state index in [0.717, 1.165) is 16.7 Å². The predicted molar refractivity (Wildman–Crippen MR) is 116 cm³/mol. The van der Waals surface area contributed by atoms with Gasteiger partial charge in [0.15, 0.2) is 12.4 Å². The fourth-order valence-corrected chi connectivity index (χ4v) is 2.68. The Labute approximate surface area is 171 Å². The summed E-state index contributed by atoms with van der Waals surface area (Å²) >= 11 is 0. The first-order valence-electron chi connectivity index (χ1n) is 9.00. The van der Waals surface area contributed by atoms with E-state index in [0.29, 0.717) is 16.7 Å². The number of rotatable bonds is 6. The van der Waals surface area contributed by atoms with Gasteiger partial charge in [-0.05, 0) is 30.2 Å². The minimum absolute atomic E-state index is 0.145. The van der Waals surface area contributed by atoms with Crippen molar-refractivity contribution in [1.82, 2.24) is 0 Å². The molecule has 0 aliphatic carbocycles. The van der Waals surface area contributed by atoms with E-state index in [1.165, 1.54) is 0 Å². The summed E-state index contributed by atoms with van der Waals surface area (Å²) in [5.74, 6) is 0.145. The lowest BCUT2D eigenvalue weighted by molar-refractivity contribution is -0.671. The summed E-state index contributed by atoms with van der Waals surface area (Å²) in [4.78, 5) is 0. The highest BCUT2D eigenvalue weighted by Crippen LogP contribution is 2.23. The fourth-order valence-electron chi connectivity index (χ4n) is 2.68. The molecule has 1 N–H and O–H groups in total. The van der Waals surface area contributed by atoms with Crippen LogP contribution in [0.25, 0.3) is 18.2 Å². The summed E-state index contributed by atoms with van der Waals surface area (Å²) in [5, 5.41) is 28.7. The van der Waals surface area contributed by atoms with Gasteiger partial charge in [0.05, 0.1) is 11.6 Å². The van der Waals surface area contributed by atoms with Crippen molar-refractivity contribution in [2.45, 2.75) is 6.92 Å². The molecule has 2 rings (SSSR count). The molecule has 2 aromatic rings. The van der Waals surface area contributed by atoms with Crippen molar-refractivity contribution >= 4 is 18.2 Å². The number of benzene rings is 1. The second kappa shape index (κ2) is 10.3. The number of phenolic OH excluding ortho intramolecular Hbond substituents is 1. The summed E-state index contributed by atoms with van der Waals surface area (Å²) in [6.07, 6.45) is 16.1. The van der Waals surface area contributed by atoms with Gasteiger partial charge < -0.3 is 5.11 Å². The molecule has 142 valence electrons. The Hall–Kier alpha value is -4.15. The van der Waals surface area contributed by atoms with Crippen LogP contribution in [0.1, 0.15) is 29.2 Å². The van der Waals surface area contributed by atoms with Crippen LogP contribution in [-0.2, 0) is 7.05 Å². The largest absolute Gasteiger partial charge is 0.507 e. The van der Waals surface area contributed by atoms with E-state index in [9.17, 15) is 15.6 Å². The van der Waals surface area contributed by atoms with Crippen LogP contribution in [0.4, 0.5) is 0 Å². The van der Waals surface area contributed by atoms with Crippen molar-refractivity contribution in [2.24, 2.45) is 7.05 Å². The lowest BCUT2D eigenvalue weighted by Gasteiger charge is -2.03. The highest BCUT2D eigenvalue weighted by molar-refractivity contribution is 5.76. The van der Waals surface area contributed by atoms with Gasteiger partial charge in [0.2, 0.25) is 0 Å². The van der Waals surface area contributed by atoms with E-state index in [2.05, 4.69) is 18.7 Å². The molecule has 0 spiro atoms. The molecule has 0 fully saturated rings. The van der Waals surface area contributed by atoms with Gasteiger partial charge in [-0.25, -0.2) is 4.57 Å². The first kappa shape index (κ1) is 21.2. The van der Waals surface area contributed by atoms with Gasteiger partial charge >= 0.3 is 0 Å². The van der Waals surface area contributed by atoms with Crippen molar-refractivity contribution in [3.05, 3.63) is 101 Å². The standard InChI is InChI=1S/C25H21N3O/c1-4-6-21(20(5-2)16-26)9-7-19-8-12-25(29)23(15-19)11-10-22-13-14-28(3)18-24(22)17-27/h4-15,18H,1H2,2-3H3/p+1/b9-7+,20-5-,21-6-. The van der Waals surface area contributed by atoms with E-state index < -0.39 is 0 Å². The number of nitriles is 2. The normalized spacial score (nSPS) is 12.1. The Bertz CT molecular complexity index is 1120.